The van der Waals surface area contributed by atoms with Gasteiger partial charge in [-0.15, -0.1) is 0 Å². The lowest BCUT2D eigenvalue weighted by molar-refractivity contribution is -0.120. The lowest BCUT2D eigenvalue weighted by Crippen LogP contribution is -2.28. The Labute approximate surface area is 117 Å². The van der Waals surface area contributed by atoms with Gasteiger partial charge in [0, 0.05) is 60.1 Å². The Hall–Kier alpha value is -2.30. The third kappa shape index (κ3) is 2.27. The molecule has 20 heavy (non-hydrogen) atoms. The summed E-state index contributed by atoms with van der Waals surface area (Å²) in [5, 5.41) is 4.97. The minimum Gasteiger partial charge on any atom is -0.398 e. The number of fused-ring (bicyclic) bond motifs is 1. The summed E-state index contributed by atoms with van der Waals surface area (Å²) in [4.78, 5) is 18.0. The number of anilines is 2. The van der Waals surface area contributed by atoms with Crippen LogP contribution in [0.15, 0.2) is 24.4 Å². The molecular weight excluding hydrogens is 252 g/mol. The first kappa shape index (κ1) is 12.7. The number of pyridine rings is 1. The van der Waals surface area contributed by atoms with Crippen LogP contribution in [0.25, 0.3) is 10.8 Å². The molecule has 0 radical (unpaired) electrons. The zero-order chi connectivity index (χ0) is 14.1. The highest BCUT2D eigenvalue weighted by Gasteiger charge is 2.16. The van der Waals surface area contributed by atoms with Crippen molar-refractivity contribution in [1.82, 2.24) is 10.3 Å². The summed E-state index contributed by atoms with van der Waals surface area (Å²) < 4.78 is 0. The number of carbonyl (C=O) groups excluding carboxylic acids is 1. The van der Waals surface area contributed by atoms with Crippen LogP contribution >= 0.6 is 0 Å². The van der Waals surface area contributed by atoms with Crippen molar-refractivity contribution in [2.24, 2.45) is 0 Å². The molecule has 5 heteroatoms. The van der Waals surface area contributed by atoms with Crippen molar-refractivity contribution < 1.29 is 4.79 Å². The van der Waals surface area contributed by atoms with E-state index in [0.29, 0.717) is 13.0 Å². The molecule has 1 fully saturated rings. The van der Waals surface area contributed by atoms with Gasteiger partial charge in [0.25, 0.3) is 0 Å². The Kier molecular flexibility index (Phi) is 3.18. The molecule has 0 atom stereocenters. The maximum absolute atomic E-state index is 11.5. The van der Waals surface area contributed by atoms with Gasteiger partial charge in [-0.3, -0.25) is 9.78 Å². The molecule has 0 bridgehead atoms. The van der Waals surface area contributed by atoms with Gasteiger partial charge >= 0.3 is 0 Å². The van der Waals surface area contributed by atoms with Crippen molar-refractivity contribution in [3.63, 3.8) is 0 Å². The van der Waals surface area contributed by atoms with Crippen molar-refractivity contribution in [2.45, 2.75) is 13.3 Å². The molecule has 3 rings (SSSR count). The number of aromatic nitrogens is 1. The number of hydrogen-bond donors (Lipinski definition) is 2. The molecule has 1 saturated heterocycles. The lowest BCUT2D eigenvalue weighted by Gasteiger charge is -2.24. The minimum atomic E-state index is 0.116. The first-order valence-corrected chi connectivity index (χ1v) is 6.81. The monoisotopic (exact) mass is 270 g/mol. The third-order valence-corrected chi connectivity index (χ3v) is 3.70. The Morgan fingerprint density at radius 3 is 3.00 bits per heavy atom. The molecule has 104 valence electrons. The molecule has 2 heterocycles. The quantitative estimate of drug-likeness (QED) is 0.769. The van der Waals surface area contributed by atoms with Crippen LogP contribution in [0.5, 0.6) is 0 Å². The van der Waals surface area contributed by atoms with E-state index < -0.39 is 0 Å². The summed E-state index contributed by atoms with van der Waals surface area (Å²) in [6.07, 6.45) is 2.35. The van der Waals surface area contributed by atoms with E-state index in [1.807, 2.05) is 25.3 Å². The predicted molar refractivity (Wildman–Crippen MR) is 80.7 cm³/mol. The van der Waals surface area contributed by atoms with Gasteiger partial charge in [-0.2, -0.15) is 0 Å². The summed E-state index contributed by atoms with van der Waals surface area (Å²) in [5.41, 5.74) is 8.86. The molecule has 0 aliphatic carbocycles. The van der Waals surface area contributed by atoms with Gasteiger partial charge in [0.05, 0.1) is 0 Å². The van der Waals surface area contributed by atoms with Gasteiger partial charge in [0.2, 0.25) is 5.91 Å². The third-order valence-electron chi connectivity index (χ3n) is 3.70. The van der Waals surface area contributed by atoms with Crippen LogP contribution in [-0.4, -0.2) is 30.5 Å². The Bertz CT molecular complexity index is 668. The number of nitrogens with zero attached hydrogens (tertiary/aromatic N) is 2. The predicted octanol–water partition coefficient (Wildman–Crippen LogP) is 1.45. The molecule has 0 saturated carbocycles. The van der Waals surface area contributed by atoms with Crippen LogP contribution in [0, 0.1) is 6.92 Å². The molecule has 0 spiro atoms. The standard InChI is InChI=1S/C15H18N4O/c1-10-8-11-12(9-18-10)13(16)2-3-14(11)19-6-4-15(20)17-5-7-19/h2-3,8-9H,4-7,16H2,1H3,(H,17,20). The van der Waals surface area contributed by atoms with Crippen molar-refractivity contribution in [3.8, 4) is 0 Å². The van der Waals surface area contributed by atoms with E-state index in [9.17, 15) is 4.79 Å². The molecule has 5 nitrogen and oxygen atoms in total. The Morgan fingerprint density at radius 1 is 1.30 bits per heavy atom. The molecule has 1 amide bonds. The van der Waals surface area contributed by atoms with Gasteiger partial charge in [-0.1, -0.05) is 0 Å². The second kappa shape index (κ2) is 5.00. The fraction of sp³-hybridized carbons (Fsp3) is 0.333. The molecule has 3 N–H and O–H groups in total. The topological polar surface area (TPSA) is 71.2 Å². The molecule has 0 unspecified atom stereocenters. The van der Waals surface area contributed by atoms with Gasteiger partial charge < -0.3 is 16.0 Å². The van der Waals surface area contributed by atoms with Gasteiger partial charge in [-0.05, 0) is 25.1 Å². The number of nitrogens with two attached hydrogens (primary N) is 1. The number of nitrogens with one attached hydrogen (secondary N) is 1. The molecule has 1 aliphatic rings. The van der Waals surface area contributed by atoms with E-state index in [2.05, 4.69) is 21.3 Å². The number of benzene rings is 1. The van der Waals surface area contributed by atoms with Crippen molar-refractivity contribution >= 4 is 28.1 Å². The van der Waals surface area contributed by atoms with E-state index in [0.717, 1.165) is 40.9 Å². The van der Waals surface area contributed by atoms with Crippen LogP contribution < -0.4 is 16.0 Å². The zero-order valence-corrected chi connectivity index (χ0v) is 11.5. The van der Waals surface area contributed by atoms with Gasteiger partial charge in [0.15, 0.2) is 0 Å². The van der Waals surface area contributed by atoms with Crippen LogP contribution in [0.3, 0.4) is 0 Å². The number of carbonyl (C=O) groups is 1. The van der Waals surface area contributed by atoms with Crippen LogP contribution in [0.1, 0.15) is 12.1 Å². The summed E-state index contributed by atoms with van der Waals surface area (Å²) in [6, 6.07) is 6.00. The Balaban J connectivity index is 2.08. The van der Waals surface area contributed by atoms with E-state index in [4.69, 9.17) is 5.73 Å². The minimum absolute atomic E-state index is 0.116. The number of hydrogen-bond acceptors (Lipinski definition) is 4. The largest absolute Gasteiger partial charge is 0.398 e. The van der Waals surface area contributed by atoms with Crippen LogP contribution in [0.2, 0.25) is 0 Å². The average Bonchev–Trinajstić information content (AvgIpc) is 2.64. The summed E-state index contributed by atoms with van der Waals surface area (Å²) in [5.74, 6) is 0.116. The number of amides is 1. The normalized spacial score (nSPS) is 16.1. The molecular formula is C15H18N4O. The summed E-state index contributed by atoms with van der Waals surface area (Å²) >= 11 is 0. The van der Waals surface area contributed by atoms with E-state index >= 15 is 0 Å². The zero-order valence-electron chi connectivity index (χ0n) is 11.5. The fourth-order valence-electron chi connectivity index (χ4n) is 2.63. The Morgan fingerprint density at radius 2 is 2.15 bits per heavy atom. The van der Waals surface area contributed by atoms with E-state index in [1.54, 1.807) is 0 Å². The first-order valence-electron chi connectivity index (χ1n) is 6.81. The first-order chi connectivity index (χ1) is 9.65. The molecule has 1 aromatic carbocycles. The van der Waals surface area contributed by atoms with Crippen LogP contribution in [0.4, 0.5) is 11.4 Å². The highest BCUT2D eigenvalue weighted by molar-refractivity contribution is 6.01. The van der Waals surface area contributed by atoms with E-state index in [1.165, 1.54) is 0 Å². The second-order valence-electron chi connectivity index (χ2n) is 5.13. The van der Waals surface area contributed by atoms with Crippen molar-refractivity contribution in [3.05, 3.63) is 30.1 Å². The van der Waals surface area contributed by atoms with Gasteiger partial charge in [0.1, 0.15) is 0 Å². The highest BCUT2D eigenvalue weighted by Crippen LogP contribution is 2.31. The lowest BCUT2D eigenvalue weighted by atomic mass is 10.1. The van der Waals surface area contributed by atoms with Crippen molar-refractivity contribution in [2.75, 3.05) is 30.3 Å². The van der Waals surface area contributed by atoms with Crippen LogP contribution in [-0.2, 0) is 4.79 Å². The number of nitrogen functional groups attached to an aromatic ring is 1. The van der Waals surface area contributed by atoms with Gasteiger partial charge in [-0.25, -0.2) is 0 Å². The maximum Gasteiger partial charge on any atom is 0.221 e. The van der Waals surface area contributed by atoms with E-state index in [-0.39, 0.29) is 5.91 Å². The molecule has 2 aromatic rings. The highest BCUT2D eigenvalue weighted by atomic mass is 16.1. The average molecular weight is 270 g/mol. The number of aryl methyl sites for hydroxylation is 1. The van der Waals surface area contributed by atoms with Crippen molar-refractivity contribution in [1.29, 1.82) is 0 Å². The summed E-state index contributed by atoms with van der Waals surface area (Å²) in [7, 11) is 0. The molecule has 1 aliphatic heterocycles. The molecule has 1 aromatic heterocycles. The fourth-order valence-corrected chi connectivity index (χ4v) is 2.63. The SMILES string of the molecule is Cc1cc2c(N3CCNC(=O)CC3)ccc(N)c2cn1. The number of rotatable bonds is 1. The second-order valence-corrected chi connectivity index (χ2v) is 5.13. The summed E-state index contributed by atoms with van der Waals surface area (Å²) in [6.45, 7) is 4.19. The smallest absolute Gasteiger partial charge is 0.221 e. The maximum atomic E-state index is 11.5.